The van der Waals surface area contributed by atoms with Crippen LogP contribution < -0.4 is 0 Å². The van der Waals surface area contributed by atoms with E-state index in [1.54, 1.807) is 18.2 Å². The van der Waals surface area contributed by atoms with Crippen molar-refractivity contribution in [1.29, 1.82) is 0 Å². The predicted octanol–water partition coefficient (Wildman–Crippen LogP) is 1.90. The van der Waals surface area contributed by atoms with Gasteiger partial charge in [0.15, 0.2) is 0 Å². The Balaban J connectivity index is 3.68. The van der Waals surface area contributed by atoms with E-state index in [4.69, 9.17) is 5.11 Å². The number of carboxylic acids is 1. The number of carbonyl (C=O) groups is 1. The van der Waals surface area contributed by atoms with Gasteiger partial charge in [-0.25, -0.2) is 0 Å². The fraction of sp³-hybridized carbons (Fsp3) is 0.222. The van der Waals surface area contributed by atoms with Crippen molar-refractivity contribution in [2.45, 2.75) is 12.8 Å². The second-order valence-corrected chi connectivity index (χ2v) is 1.83. The molecule has 0 aromatic heterocycles. The summed E-state index contributed by atoms with van der Waals surface area (Å²) in [4.78, 5) is 10.00. The lowest BCUT2D eigenvalue weighted by Gasteiger charge is -1.82. The monoisotopic (exact) mass is 150 g/mol. The molecule has 0 aliphatic carbocycles. The number of hydrogen-bond donors (Lipinski definition) is 1. The summed E-state index contributed by atoms with van der Waals surface area (Å²) in [7, 11) is 0. The summed E-state index contributed by atoms with van der Waals surface area (Å²) in [6, 6.07) is 0. The Labute approximate surface area is 65.9 Å². The molecular weight excluding hydrogens is 140 g/mol. The van der Waals surface area contributed by atoms with Crippen molar-refractivity contribution in [2.24, 2.45) is 0 Å². The van der Waals surface area contributed by atoms with Gasteiger partial charge >= 0.3 is 5.97 Å². The van der Waals surface area contributed by atoms with Gasteiger partial charge in [-0.2, -0.15) is 0 Å². The standard InChI is InChI=1S/C9H10O2/c1-2-3-4-5-6-7-8-9(10)11/h2-3,6H,1,7-8H2,(H,10,11). The molecule has 0 unspecified atom stereocenters. The SMILES string of the molecule is C=CC=C=C=CCCC(=O)O. The van der Waals surface area contributed by atoms with Crippen LogP contribution in [0.5, 0.6) is 0 Å². The van der Waals surface area contributed by atoms with Crippen molar-refractivity contribution in [3.8, 4) is 0 Å². The molecule has 0 fully saturated rings. The molecule has 58 valence electrons. The first-order chi connectivity index (χ1) is 5.27. The third-order valence-electron chi connectivity index (χ3n) is 0.889. The number of hydrogen-bond acceptors (Lipinski definition) is 1. The Hall–Kier alpha value is -1.49. The lowest BCUT2D eigenvalue weighted by Crippen LogP contribution is -1.91. The maximum atomic E-state index is 10.00. The highest BCUT2D eigenvalue weighted by atomic mass is 16.4. The third-order valence-corrected chi connectivity index (χ3v) is 0.889. The molecule has 0 amide bonds. The summed E-state index contributed by atoms with van der Waals surface area (Å²) in [5, 5.41) is 8.22. The molecule has 0 heterocycles. The molecule has 0 aromatic carbocycles. The van der Waals surface area contributed by atoms with E-state index in [1.807, 2.05) is 0 Å². The van der Waals surface area contributed by atoms with Crippen LogP contribution in [0.25, 0.3) is 0 Å². The highest BCUT2D eigenvalue weighted by molar-refractivity contribution is 5.66. The first-order valence-corrected chi connectivity index (χ1v) is 3.26. The van der Waals surface area contributed by atoms with Crippen LogP contribution in [0.1, 0.15) is 12.8 Å². The van der Waals surface area contributed by atoms with Gasteiger partial charge in [-0.3, -0.25) is 4.79 Å². The molecule has 0 saturated heterocycles. The molecule has 2 heteroatoms. The molecule has 0 aromatic rings. The molecule has 0 rings (SSSR count). The van der Waals surface area contributed by atoms with Gasteiger partial charge in [0.1, 0.15) is 0 Å². The molecule has 0 bridgehead atoms. The zero-order chi connectivity index (χ0) is 8.53. The summed E-state index contributed by atoms with van der Waals surface area (Å²) < 4.78 is 0. The molecular formula is C9H10O2. The second kappa shape index (κ2) is 6.63. The molecule has 0 aliphatic rings. The maximum absolute atomic E-state index is 10.00. The molecule has 11 heavy (non-hydrogen) atoms. The van der Waals surface area contributed by atoms with Crippen LogP contribution >= 0.6 is 0 Å². The molecule has 0 aliphatic heterocycles. The average molecular weight is 150 g/mol. The van der Waals surface area contributed by atoms with Gasteiger partial charge < -0.3 is 5.11 Å². The molecule has 0 saturated carbocycles. The van der Waals surface area contributed by atoms with Gasteiger partial charge in [0, 0.05) is 6.42 Å². The summed E-state index contributed by atoms with van der Waals surface area (Å²) in [6.07, 6.45) is 5.46. The van der Waals surface area contributed by atoms with Gasteiger partial charge in [-0.05, 0) is 18.6 Å². The van der Waals surface area contributed by atoms with E-state index in [2.05, 4.69) is 18.0 Å². The Bertz CT molecular complexity index is 226. The van der Waals surface area contributed by atoms with Crippen molar-refractivity contribution in [3.63, 3.8) is 0 Å². The van der Waals surface area contributed by atoms with E-state index in [1.165, 1.54) is 0 Å². The molecule has 1 N–H and O–H groups in total. The first kappa shape index (κ1) is 9.51. The quantitative estimate of drug-likeness (QED) is 0.491. The minimum absolute atomic E-state index is 0.142. The average Bonchev–Trinajstić information content (AvgIpc) is 1.96. The summed E-state index contributed by atoms with van der Waals surface area (Å²) in [5.74, 6) is -0.796. The van der Waals surface area contributed by atoms with Crippen LogP contribution in [-0.4, -0.2) is 11.1 Å². The van der Waals surface area contributed by atoms with Crippen LogP contribution in [0, 0.1) is 0 Å². The van der Waals surface area contributed by atoms with E-state index in [-0.39, 0.29) is 6.42 Å². The van der Waals surface area contributed by atoms with E-state index < -0.39 is 5.97 Å². The fourth-order valence-electron chi connectivity index (χ4n) is 0.434. The van der Waals surface area contributed by atoms with Gasteiger partial charge in [0.05, 0.1) is 0 Å². The highest BCUT2D eigenvalue weighted by Crippen LogP contribution is 1.87. The molecule has 0 atom stereocenters. The fourth-order valence-corrected chi connectivity index (χ4v) is 0.434. The number of carboxylic acid groups (broad SMARTS) is 1. The van der Waals surface area contributed by atoms with Gasteiger partial charge in [0.2, 0.25) is 0 Å². The predicted molar refractivity (Wildman–Crippen MR) is 43.2 cm³/mol. The van der Waals surface area contributed by atoms with Gasteiger partial charge in [0.25, 0.3) is 0 Å². The second-order valence-electron chi connectivity index (χ2n) is 1.83. The largest absolute Gasteiger partial charge is 0.481 e. The van der Waals surface area contributed by atoms with Crippen LogP contribution in [0.15, 0.2) is 36.3 Å². The van der Waals surface area contributed by atoms with Crippen LogP contribution in [0.2, 0.25) is 0 Å². The topological polar surface area (TPSA) is 37.3 Å². The van der Waals surface area contributed by atoms with Gasteiger partial charge in [-0.15, -0.1) is 0 Å². The Morgan fingerprint density at radius 1 is 1.55 bits per heavy atom. The Morgan fingerprint density at radius 2 is 2.27 bits per heavy atom. The zero-order valence-corrected chi connectivity index (χ0v) is 6.21. The van der Waals surface area contributed by atoms with E-state index >= 15 is 0 Å². The molecule has 0 radical (unpaired) electrons. The van der Waals surface area contributed by atoms with Crippen molar-refractivity contribution in [3.05, 3.63) is 36.3 Å². The van der Waals surface area contributed by atoms with E-state index in [0.29, 0.717) is 6.42 Å². The first-order valence-electron chi connectivity index (χ1n) is 3.26. The smallest absolute Gasteiger partial charge is 0.303 e. The summed E-state index contributed by atoms with van der Waals surface area (Å²) >= 11 is 0. The van der Waals surface area contributed by atoms with Crippen molar-refractivity contribution in [2.75, 3.05) is 0 Å². The Kier molecular flexibility index (Phi) is 5.73. The van der Waals surface area contributed by atoms with Crippen molar-refractivity contribution < 1.29 is 9.90 Å². The zero-order valence-electron chi connectivity index (χ0n) is 6.21. The molecule has 2 nitrogen and oxygen atoms in total. The normalized spacial score (nSPS) is 7.27. The van der Waals surface area contributed by atoms with Crippen molar-refractivity contribution in [1.82, 2.24) is 0 Å². The summed E-state index contributed by atoms with van der Waals surface area (Å²) in [5.41, 5.74) is 5.34. The van der Waals surface area contributed by atoms with Crippen LogP contribution in [-0.2, 0) is 4.79 Å². The van der Waals surface area contributed by atoms with Crippen molar-refractivity contribution >= 4 is 5.97 Å². The minimum atomic E-state index is -0.796. The van der Waals surface area contributed by atoms with E-state index in [0.717, 1.165) is 0 Å². The highest BCUT2D eigenvalue weighted by Gasteiger charge is 1.90. The lowest BCUT2D eigenvalue weighted by molar-refractivity contribution is -0.136. The number of aliphatic carboxylic acids is 1. The van der Waals surface area contributed by atoms with E-state index in [9.17, 15) is 4.79 Å². The number of allylic oxidation sites excluding steroid dienone is 3. The van der Waals surface area contributed by atoms with Crippen LogP contribution in [0.4, 0.5) is 0 Å². The maximum Gasteiger partial charge on any atom is 0.303 e. The Morgan fingerprint density at radius 3 is 2.82 bits per heavy atom. The van der Waals surface area contributed by atoms with Crippen LogP contribution in [0.3, 0.4) is 0 Å². The minimum Gasteiger partial charge on any atom is -0.481 e. The third kappa shape index (κ3) is 8.51. The lowest BCUT2D eigenvalue weighted by atomic mass is 10.3. The molecule has 0 spiro atoms. The summed E-state index contributed by atoms with van der Waals surface area (Å²) in [6.45, 7) is 3.44. The number of rotatable bonds is 4. The van der Waals surface area contributed by atoms with Gasteiger partial charge in [-0.1, -0.05) is 24.1 Å².